The van der Waals surface area contributed by atoms with Crippen molar-refractivity contribution in [3.63, 3.8) is 0 Å². The summed E-state index contributed by atoms with van der Waals surface area (Å²) < 4.78 is 18.9. The Hall–Kier alpha value is -1.62. The average molecular weight is 268 g/mol. The van der Waals surface area contributed by atoms with E-state index in [2.05, 4.69) is 0 Å². The van der Waals surface area contributed by atoms with E-state index in [1.54, 1.807) is 24.9 Å². The largest absolute Gasteiger partial charge is 0.481 e. The summed E-state index contributed by atoms with van der Waals surface area (Å²) in [6.45, 7) is 5.39. The quantitative estimate of drug-likeness (QED) is 0.889. The van der Waals surface area contributed by atoms with Crippen LogP contribution in [0, 0.1) is 5.82 Å². The zero-order chi connectivity index (χ0) is 14.6. The van der Waals surface area contributed by atoms with Gasteiger partial charge < -0.3 is 15.4 Å². The lowest BCUT2D eigenvalue weighted by Gasteiger charge is -2.21. The van der Waals surface area contributed by atoms with E-state index in [0.29, 0.717) is 5.56 Å². The van der Waals surface area contributed by atoms with Crippen LogP contribution in [0.25, 0.3) is 0 Å². The zero-order valence-electron chi connectivity index (χ0n) is 11.8. The second-order valence-electron chi connectivity index (χ2n) is 4.87. The van der Waals surface area contributed by atoms with Gasteiger partial charge >= 0.3 is 0 Å². The topological polar surface area (TPSA) is 55.6 Å². The van der Waals surface area contributed by atoms with Crippen molar-refractivity contribution in [3.05, 3.63) is 29.6 Å². The molecule has 1 amide bonds. The molecule has 0 aliphatic heterocycles. The highest BCUT2D eigenvalue weighted by atomic mass is 19.1. The van der Waals surface area contributed by atoms with E-state index in [1.807, 2.05) is 13.8 Å². The van der Waals surface area contributed by atoms with Crippen LogP contribution in [-0.2, 0) is 4.79 Å². The van der Waals surface area contributed by atoms with E-state index < -0.39 is 5.82 Å². The fourth-order valence-electron chi connectivity index (χ4n) is 1.45. The van der Waals surface area contributed by atoms with E-state index in [1.165, 1.54) is 12.1 Å². The summed E-state index contributed by atoms with van der Waals surface area (Å²) in [5.74, 6) is -0.629. The summed E-state index contributed by atoms with van der Waals surface area (Å²) >= 11 is 0. The monoisotopic (exact) mass is 268 g/mol. The Labute approximate surface area is 113 Å². The highest BCUT2D eigenvalue weighted by molar-refractivity contribution is 5.77. The second-order valence-corrected chi connectivity index (χ2v) is 4.87. The van der Waals surface area contributed by atoms with Gasteiger partial charge in [-0.05, 0) is 38.5 Å². The zero-order valence-corrected chi connectivity index (χ0v) is 11.8. The third kappa shape index (κ3) is 4.21. The van der Waals surface area contributed by atoms with Crippen molar-refractivity contribution in [2.45, 2.75) is 32.9 Å². The maximum Gasteiger partial charge on any atom is 0.260 e. The number of hydrogen-bond acceptors (Lipinski definition) is 3. The number of carbonyl (C=O) groups excluding carboxylic acids is 1. The average Bonchev–Trinajstić information content (AvgIpc) is 2.35. The van der Waals surface area contributed by atoms with Crippen LogP contribution in [-0.4, -0.2) is 30.5 Å². The van der Waals surface area contributed by atoms with Gasteiger partial charge in [-0.25, -0.2) is 4.39 Å². The normalized spacial score (nSPS) is 12.4. The Morgan fingerprint density at radius 2 is 2.05 bits per heavy atom. The van der Waals surface area contributed by atoms with Crippen molar-refractivity contribution < 1.29 is 13.9 Å². The smallest absolute Gasteiger partial charge is 0.260 e. The van der Waals surface area contributed by atoms with E-state index in [9.17, 15) is 9.18 Å². The summed E-state index contributed by atoms with van der Waals surface area (Å²) in [6, 6.07) is 4.37. The second kappa shape index (κ2) is 6.52. The molecule has 4 nitrogen and oxygen atoms in total. The minimum Gasteiger partial charge on any atom is -0.481 e. The molecule has 0 bridgehead atoms. The fraction of sp³-hybridized carbons (Fsp3) is 0.500. The minimum absolute atomic E-state index is 0.0647. The lowest BCUT2D eigenvalue weighted by Crippen LogP contribution is -2.36. The Bertz CT molecular complexity index is 447. The molecule has 0 aliphatic carbocycles. The lowest BCUT2D eigenvalue weighted by atomic mass is 10.1. The highest BCUT2D eigenvalue weighted by Crippen LogP contribution is 2.21. The number of ether oxygens (including phenoxy) is 1. The summed E-state index contributed by atoms with van der Waals surface area (Å²) in [6.07, 6.45) is 0. The fourth-order valence-corrected chi connectivity index (χ4v) is 1.45. The molecule has 106 valence electrons. The van der Waals surface area contributed by atoms with Gasteiger partial charge in [0.1, 0.15) is 0 Å². The molecule has 0 radical (unpaired) electrons. The minimum atomic E-state index is -0.505. The standard InChI is InChI=1S/C14H21FN2O2/c1-9(2)17(4)14(18)8-19-13-6-5-11(10(3)16)7-12(13)15/h5-7,9-10H,8,16H2,1-4H3. The number of hydrogen-bond donors (Lipinski definition) is 1. The number of carbonyl (C=O) groups is 1. The Kier molecular flexibility index (Phi) is 5.30. The molecule has 1 rings (SSSR count). The van der Waals surface area contributed by atoms with Crippen LogP contribution in [0.2, 0.25) is 0 Å². The van der Waals surface area contributed by atoms with Crippen LogP contribution in [0.3, 0.4) is 0 Å². The predicted molar refractivity (Wildman–Crippen MR) is 72.4 cm³/mol. The van der Waals surface area contributed by atoms with Gasteiger partial charge in [-0.3, -0.25) is 4.79 Å². The summed E-state index contributed by atoms with van der Waals surface area (Å²) in [7, 11) is 1.69. The first-order valence-corrected chi connectivity index (χ1v) is 6.26. The molecule has 0 aromatic heterocycles. The molecule has 1 atom stereocenters. The lowest BCUT2D eigenvalue weighted by molar-refractivity contribution is -0.133. The maximum absolute atomic E-state index is 13.7. The van der Waals surface area contributed by atoms with E-state index >= 15 is 0 Å². The van der Waals surface area contributed by atoms with Crippen molar-refractivity contribution in [2.24, 2.45) is 5.73 Å². The van der Waals surface area contributed by atoms with Gasteiger partial charge in [0.05, 0.1) is 0 Å². The van der Waals surface area contributed by atoms with E-state index in [-0.39, 0.29) is 30.3 Å². The van der Waals surface area contributed by atoms with Crippen molar-refractivity contribution in [1.29, 1.82) is 0 Å². The highest BCUT2D eigenvalue weighted by Gasteiger charge is 2.14. The summed E-state index contributed by atoms with van der Waals surface area (Å²) in [5.41, 5.74) is 6.35. The van der Waals surface area contributed by atoms with Crippen LogP contribution in [0.4, 0.5) is 4.39 Å². The van der Waals surface area contributed by atoms with Crippen LogP contribution >= 0.6 is 0 Å². The first kappa shape index (κ1) is 15.4. The third-order valence-electron chi connectivity index (χ3n) is 3.00. The molecular weight excluding hydrogens is 247 g/mol. The van der Waals surface area contributed by atoms with Crippen molar-refractivity contribution in [3.8, 4) is 5.75 Å². The SMILES string of the molecule is CC(N)c1ccc(OCC(=O)N(C)C(C)C)c(F)c1. The number of nitrogens with zero attached hydrogens (tertiary/aromatic N) is 1. The van der Waals surface area contributed by atoms with Gasteiger partial charge in [-0.15, -0.1) is 0 Å². The Balaban J connectivity index is 2.66. The van der Waals surface area contributed by atoms with Crippen molar-refractivity contribution in [1.82, 2.24) is 4.90 Å². The summed E-state index contributed by atoms with van der Waals surface area (Å²) in [5, 5.41) is 0. The molecule has 0 aliphatic rings. The van der Waals surface area contributed by atoms with Crippen LogP contribution in [0.5, 0.6) is 5.75 Å². The molecule has 1 aromatic carbocycles. The Morgan fingerprint density at radius 1 is 1.42 bits per heavy atom. The molecule has 0 saturated carbocycles. The van der Waals surface area contributed by atoms with Crippen molar-refractivity contribution >= 4 is 5.91 Å². The van der Waals surface area contributed by atoms with Gasteiger partial charge in [-0.2, -0.15) is 0 Å². The predicted octanol–water partition coefficient (Wildman–Crippen LogP) is 2.09. The summed E-state index contributed by atoms with van der Waals surface area (Å²) in [4.78, 5) is 13.3. The van der Waals surface area contributed by atoms with Crippen LogP contribution in [0.15, 0.2) is 18.2 Å². The number of likely N-dealkylation sites (N-methyl/N-ethyl adjacent to an activating group) is 1. The molecule has 5 heteroatoms. The molecule has 0 saturated heterocycles. The third-order valence-corrected chi connectivity index (χ3v) is 3.00. The number of amides is 1. The van der Waals surface area contributed by atoms with Gasteiger partial charge in [0.25, 0.3) is 5.91 Å². The molecule has 1 aromatic rings. The van der Waals surface area contributed by atoms with Crippen molar-refractivity contribution in [2.75, 3.05) is 13.7 Å². The molecular formula is C14H21FN2O2. The van der Waals surface area contributed by atoms with Gasteiger partial charge in [0.15, 0.2) is 18.2 Å². The number of halogens is 1. The molecule has 0 heterocycles. The molecule has 19 heavy (non-hydrogen) atoms. The van der Waals surface area contributed by atoms with Crippen LogP contribution < -0.4 is 10.5 Å². The number of nitrogens with two attached hydrogens (primary N) is 1. The molecule has 1 unspecified atom stereocenters. The van der Waals surface area contributed by atoms with E-state index in [4.69, 9.17) is 10.5 Å². The van der Waals surface area contributed by atoms with Gasteiger partial charge in [-0.1, -0.05) is 6.07 Å². The van der Waals surface area contributed by atoms with Crippen LogP contribution in [0.1, 0.15) is 32.4 Å². The number of rotatable bonds is 5. The van der Waals surface area contributed by atoms with Gasteiger partial charge in [0.2, 0.25) is 0 Å². The maximum atomic E-state index is 13.7. The number of benzene rings is 1. The molecule has 0 fully saturated rings. The molecule has 0 spiro atoms. The first-order valence-electron chi connectivity index (χ1n) is 6.26. The van der Waals surface area contributed by atoms with Gasteiger partial charge in [0, 0.05) is 19.1 Å². The van der Waals surface area contributed by atoms with E-state index in [0.717, 1.165) is 0 Å². The Morgan fingerprint density at radius 3 is 2.53 bits per heavy atom. The molecule has 2 N–H and O–H groups in total. The first-order chi connectivity index (χ1) is 8.82.